The molecule has 1 N–H and O–H groups in total. The standard InChI is InChI=1S/C13H22N2O2/c1-3-13-12(10(2)17-14-13)8-15-6-4-5-11(7-15)9-16/h11,16H,3-9H2,1-2H3. The number of aromatic nitrogens is 1. The number of nitrogens with zero attached hydrogens (tertiary/aromatic N) is 2. The summed E-state index contributed by atoms with van der Waals surface area (Å²) < 4.78 is 5.26. The van der Waals surface area contributed by atoms with Crippen LogP contribution in [0.4, 0.5) is 0 Å². The van der Waals surface area contributed by atoms with Crippen LogP contribution in [-0.2, 0) is 13.0 Å². The fraction of sp³-hybridized carbons (Fsp3) is 0.769. The summed E-state index contributed by atoms with van der Waals surface area (Å²) in [5, 5.41) is 13.3. The summed E-state index contributed by atoms with van der Waals surface area (Å²) in [6, 6.07) is 0. The molecule has 2 heterocycles. The first-order chi connectivity index (χ1) is 8.24. The lowest BCUT2D eigenvalue weighted by Crippen LogP contribution is -2.36. The Kier molecular flexibility index (Phi) is 4.18. The fourth-order valence-electron chi connectivity index (χ4n) is 2.59. The van der Waals surface area contributed by atoms with Crippen LogP contribution in [0, 0.1) is 12.8 Å². The van der Waals surface area contributed by atoms with Gasteiger partial charge in [-0.25, -0.2) is 0 Å². The average molecular weight is 238 g/mol. The third-order valence-electron chi connectivity index (χ3n) is 3.64. The minimum Gasteiger partial charge on any atom is -0.396 e. The molecule has 2 rings (SSSR count). The molecule has 4 nitrogen and oxygen atoms in total. The third-order valence-corrected chi connectivity index (χ3v) is 3.64. The largest absolute Gasteiger partial charge is 0.396 e. The summed E-state index contributed by atoms with van der Waals surface area (Å²) in [4.78, 5) is 2.41. The van der Waals surface area contributed by atoms with Gasteiger partial charge in [-0.15, -0.1) is 0 Å². The Morgan fingerprint density at radius 1 is 1.53 bits per heavy atom. The molecule has 96 valence electrons. The van der Waals surface area contributed by atoms with Gasteiger partial charge >= 0.3 is 0 Å². The van der Waals surface area contributed by atoms with Crippen LogP contribution < -0.4 is 0 Å². The van der Waals surface area contributed by atoms with Crippen LogP contribution in [0.15, 0.2) is 4.52 Å². The zero-order valence-electron chi connectivity index (χ0n) is 10.8. The summed E-state index contributed by atoms with van der Waals surface area (Å²) >= 11 is 0. The van der Waals surface area contributed by atoms with Crippen molar-refractivity contribution in [1.82, 2.24) is 10.1 Å². The summed E-state index contributed by atoms with van der Waals surface area (Å²) in [6.07, 6.45) is 3.25. The van der Waals surface area contributed by atoms with Gasteiger partial charge in [0.25, 0.3) is 0 Å². The second-order valence-corrected chi connectivity index (χ2v) is 4.94. The molecule has 1 atom stereocenters. The second-order valence-electron chi connectivity index (χ2n) is 4.94. The van der Waals surface area contributed by atoms with Gasteiger partial charge in [0.15, 0.2) is 0 Å². The quantitative estimate of drug-likeness (QED) is 0.868. The highest BCUT2D eigenvalue weighted by Crippen LogP contribution is 2.21. The first-order valence-corrected chi connectivity index (χ1v) is 6.51. The average Bonchev–Trinajstić information content (AvgIpc) is 2.71. The van der Waals surface area contributed by atoms with E-state index >= 15 is 0 Å². The maximum Gasteiger partial charge on any atom is 0.138 e. The van der Waals surface area contributed by atoms with Gasteiger partial charge in [-0.1, -0.05) is 12.1 Å². The van der Waals surface area contributed by atoms with E-state index in [1.54, 1.807) is 0 Å². The Balaban J connectivity index is 2.02. The Morgan fingerprint density at radius 2 is 2.35 bits per heavy atom. The van der Waals surface area contributed by atoms with Crippen LogP contribution in [0.2, 0.25) is 0 Å². The minimum absolute atomic E-state index is 0.305. The summed E-state index contributed by atoms with van der Waals surface area (Å²) in [6.45, 7) is 7.41. The maximum absolute atomic E-state index is 9.23. The van der Waals surface area contributed by atoms with Gasteiger partial charge in [0.2, 0.25) is 0 Å². The zero-order chi connectivity index (χ0) is 12.3. The van der Waals surface area contributed by atoms with Gasteiger partial charge in [0.05, 0.1) is 5.69 Å². The first kappa shape index (κ1) is 12.6. The number of piperidine rings is 1. The SMILES string of the molecule is CCc1noc(C)c1CN1CCCC(CO)C1. The molecule has 1 aliphatic rings. The van der Waals surface area contributed by atoms with Crippen molar-refractivity contribution in [3.8, 4) is 0 Å². The van der Waals surface area contributed by atoms with Crippen LogP contribution >= 0.6 is 0 Å². The molecule has 1 aromatic heterocycles. The van der Waals surface area contributed by atoms with Gasteiger partial charge < -0.3 is 9.63 Å². The Hall–Kier alpha value is -0.870. The van der Waals surface area contributed by atoms with Crippen molar-refractivity contribution in [3.63, 3.8) is 0 Å². The lowest BCUT2D eigenvalue weighted by Gasteiger charge is -2.31. The number of rotatable bonds is 4. The van der Waals surface area contributed by atoms with Gasteiger partial charge in [-0.3, -0.25) is 4.90 Å². The van der Waals surface area contributed by atoms with E-state index < -0.39 is 0 Å². The molecule has 0 saturated carbocycles. The van der Waals surface area contributed by atoms with E-state index in [1.165, 1.54) is 12.0 Å². The van der Waals surface area contributed by atoms with Crippen molar-refractivity contribution in [1.29, 1.82) is 0 Å². The van der Waals surface area contributed by atoms with E-state index in [0.29, 0.717) is 12.5 Å². The highest BCUT2D eigenvalue weighted by Gasteiger charge is 2.21. The van der Waals surface area contributed by atoms with Crippen molar-refractivity contribution in [3.05, 3.63) is 17.0 Å². The van der Waals surface area contributed by atoms with Crippen LogP contribution in [0.5, 0.6) is 0 Å². The van der Waals surface area contributed by atoms with Crippen LogP contribution in [0.1, 0.15) is 36.8 Å². The number of aliphatic hydroxyl groups excluding tert-OH is 1. The van der Waals surface area contributed by atoms with Crippen molar-refractivity contribution < 1.29 is 9.63 Å². The number of likely N-dealkylation sites (tertiary alicyclic amines) is 1. The van der Waals surface area contributed by atoms with E-state index in [4.69, 9.17) is 4.52 Å². The summed E-state index contributed by atoms with van der Waals surface area (Å²) in [5.41, 5.74) is 2.32. The Labute approximate surface area is 103 Å². The molecule has 1 fully saturated rings. The van der Waals surface area contributed by atoms with Gasteiger partial charge in [0, 0.05) is 25.3 Å². The van der Waals surface area contributed by atoms with Crippen LogP contribution in [0.25, 0.3) is 0 Å². The van der Waals surface area contributed by atoms with Crippen LogP contribution in [-0.4, -0.2) is 34.9 Å². The molecule has 17 heavy (non-hydrogen) atoms. The highest BCUT2D eigenvalue weighted by molar-refractivity contribution is 5.22. The Morgan fingerprint density at radius 3 is 3.06 bits per heavy atom. The molecule has 0 spiro atoms. The van der Waals surface area contributed by atoms with E-state index in [2.05, 4.69) is 17.0 Å². The number of aryl methyl sites for hydroxylation is 2. The van der Waals surface area contributed by atoms with Gasteiger partial charge in [-0.2, -0.15) is 0 Å². The predicted molar refractivity (Wildman–Crippen MR) is 65.7 cm³/mol. The topological polar surface area (TPSA) is 49.5 Å². The zero-order valence-corrected chi connectivity index (χ0v) is 10.8. The van der Waals surface area contributed by atoms with E-state index in [0.717, 1.165) is 43.9 Å². The lowest BCUT2D eigenvalue weighted by atomic mass is 9.98. The molecule has 4 heteroatoms. The summed E-state index contributed by atoms with van der Waals surface area (Å²) in [5.74, 6) is 1.38. The summed E-state index contributed by atoms with van der Waals surface area (Å²) in [7, 11) is 0. The second kappa shape index (κ2) is 5.65. The van der Waals surface area contributed by atoms with Gasteiger partial charge in [-0.05, 0) is 38.6 Å². The smallest absolute Gasteiger partial charge is 0.138 e. The van der Waals surface area contributed by atoms with Crippen molar-refractivity contribution in [2.75, 3.05) is 19.7 Å². The van der Waals surface area contributed by atoms with Crippen molar-refractivity contribution in [2.24, 2.45) is 5.92 Å². The third kappa shape index (κ3) is 2.87. The molecule has 1 saturated heterocycles. The molecule has 0 amide bonds. The molecule has 1 aromatic rings. The van der Waals surface area contributed by atoms with E-state index in [9.17, 15) is 5.11 Å². The van der Waals surface area contributed by atoms with E-state index in [1.807, 2.05) is 6.92 Å². The van der Waals surface area contributed by atoms with Crippen LogP contribution in [0.3, 0.4) is 0 Å². The minimum atomic E-state index is 0.305. The molecular formula is C13H22N2O2. The molecule has 0 radical (unpaired) electrons. The van der Waals surface area contributed by atoms with Crippen molar-refractivity contribution >= 4 is 0 Å². The number of aliphatic hydroxyl groups is 1. The predicted octanol–water partition coefficient (Wildman–Crippen LogP) is 1.75. The number of hydrogen-bond donors (Lipinski definition) is 1. The lowest BCUT2D eigenvalue weighted by molar-refractivity contribution is 0.115. The van der Waals surface area contributed by atoms with E-state index in [-0.39, 0.29) is 0 Å². The highest BCUT2D eigenvalue weighted by atomic mass is 16.5. The monoisotopic (exact) mass is 238 g/mol. The normalized spacial score (nSPS) is 21.9. The fourth-order valence-corrected chi connectivity index (χ4v) is 2.59. The molecular weight excluding hydrogens is 216 g/mol. The first-order valence-electron chi connectivity index (χ1n) is 6.51. The molecule has 1 unspecified atom stereocenters. The molecule has 1 aliphatic heterocycles. The molecule has 0 aliphatic carbocycles. The van der Waals surface area contributed by atoms with Crippen molar-refractivity contribution in [2.45, 2.75) is 39.7 Å². The number of hydrogen-bond acceptors (Lipinski definition) is 4. The maximum atomic E-state index is 9.23. The molecule has 0 bridgehead atoms. The molecule has 0 aromatic carbocycles. The Bertz CT molecular complexity index is 362. The van der Waals surface area contributed by atoms with Gasteiger partial charge in [0.1, 0.15) is 5.76 Å².